The van der Waals surface area contributed by atoms with Crippen molar-refractivity contribution in [2.24, 2.45) is 10.9 Å². The summed E-state index contributed by atoms with van der Waals surface area (Å²) in [4.78, 5) is 15.4. The summed E-state index contributed by atoms with van der Waals surface area (Å²) >= 11 is 0. The van der Waals surface area contributed by atoms with E-state index in [9.17, 15) is 4.79 Å². The molecule has 1 rings (SSSR count). The Labute approximate surface area is 86.8 Å². The fraction of sp³-hybridized carbons (Fsp3) is 0.222. The molecule has 80 valence electrons. The summed E-state index contributed by atoms with van der Waals surface area (Å²) in [6.45, 7) is 1.77. The van der Waals surface area contributed by atoms with Crippen molar-refractivity contribution < 1.29 is 10.0 Å². The Morgan fingerprint density at radius 1 is 1.73 bits per heavy atom. The van der Waals surface area contributed by atoms with Gasteiger partial charge in [0.15, 0.2) is 5.84 Å². The van der Waals surface area contributed by atoms with E-state index in [0.29, 0.717) is 5.69 Å². The minimum Gasteiger partial charge on any atom is -0.409 e. The second-order valence-electron chi connectivity index (χ2n) is 2.94. The molecule has 6 heteroatoms. The summed E-state index contributed by atoms with van der Waals surface area (Å²) in [5, 5.41) is 13.5. The van der Waals surface area contributed by atoms with Crippen LogP contribution in [0.1, 0.15) is 16.1 Å². The molecule has 0 bridgehead atoms. The number of amides is 1. The van der Waals surface area contributed by atoms with Crippen LogP contribution in [0.25, 0.3) is 0 Å². The summed E-state index contributed by atoms with van der Waals surface area (Å²) in [5.74, 6) is -0.406. The first-order valence-electron chi connectivity index (χ1n) is 4.31. The Kier molecular flexibility index (Phi) is 3.61. The van der Waals surface area contributed by atoms with Gasteiger partial charge in [-0.15, -0.1) is 0 Å². The van der Waals surface area contributed by atoms with Crippen LogP contribution >= 0.6 is 0 Å². The molecule has 0 atom stereocenters. The number of carbonyl (C=O) groups excluding carboxylic acids is 1. The lowest BCUT2D eigenvalue weighted by Crippen LogP contribution is -2.34. The number of nitrogens with one attached hydrogen (secondary N) is 1. The Morgan fingerprint density at radius 3 is 3.07 bits per heavy atom. The fourth-order valence-electron chi connectivity index (χ4n) is 1.01. The number of rotatable bonds is 3. The van der Waals surface area contributed by atoms with Crippen molar-refractivity contribution in [2.75, 3.05) is 6.54 Å². The highest BCUT2D eigenvalue weighted by Crippen LogP contribution is 2.01. The molecule has 0 unspecified atom stereocenters. The normalized spacial score (nSPS) is 11.1. The molecule has 0 aliphatic heterocycles. The molecule has 1 aromatic heterocycles. The van der Waals surface area contributed by atoms with Gasteiger partial charge in [-0.1, -0.05) is 11.2 Å². The Bertz CT molecular complexity index is 389. The molecule has 1 heterocycles. The van der Waals surface area contributed by atoms with Gasteiger partial charge < -0.3 is 16.3 Å². The topological polar surface area (TPSA) is 101 Å². The molecule has 4 N–H and O–H groups in total. The van der Waals surface area contributed by atoms with Crippen LogP contribution < -0.4 is 11.1 Å². The van der Waals surface area contributed by atoms with Gasteiger partial charge in [-0.3, -0.25) is 9.78 Å². The number of hydrogen-bond acceptors (Lipinski definition) is 4. The first-order valence-corrected chi connectivity index (χ1v) is 4.31. The highest BCUT2D eigenvalue weighted by molar-refractivity contribution is 5.96. The number of carbonyl (C=O) groups is 1. The lowest BCUT2D eigenvalue weighted by atomic mass is 10.2. The molecular formula is C9H12N4O2. The van der Waals surface area contributed by atoms with Gasteiger partial charge in [0.25, 0.3) is 5.91 Å². The zero-order chi connectivity index (χ0) is 11.3. The number of oxime groups is 1. The first-order chi connectivity index (χ1) is 7.15. The second kappa shape index (κ2) is 4.94. The van der Waals surface area contributed by atoms with Gasteiger partial charge >= 0.3 is 0 Å². The van der Waals surface area contributed by atoms with Crippen LogP contribution in [0, 0.1) is 6.92 Å². The Balaban J connectivity index is 2.66. The molecule has 1 aromatic rings. The average Bonchev–Trinajstić information content (AvgIpc) is 2.26. The molecule has 0 aliphatic carbocycles. The standard InChI is InChI=1S/C9H12N4O2/c1-6-3-2-4-11-8(6)9(14)12-5-7(10)13-15/h2-4,15H,5H2,1H3,(H2,10,13)(H,12,14). The number of aryl methyl sites for hydroxylation is 1. The quantitative estimate of drug-likeness (QED) is 0.278. The largest absolute Gasteiger partial charge is 0.409 e. The number of amidine groups is 1. The number of nitrogens with two attached hydrogens (primary N) is 1. The molecule has 0 spiro atoms. The van der Waals surface area contributed by atoms with Crippen LogP contribution in [0.2, 0.25) is 0 Å². The summed E-state index contributed by atoms with van der Waals surface area (Å²) in [7, 11) is 0. The number of aromatic nitrogens is 1. The fourth-order valence-corrected chi connectivity index (χ4v) is 1.01. The third-order valence-electron chi connectivity index (χ3n) is 1.78. The predicted molar refractivity (Wildman–Crippen MR) is 54.7 cm³/mol. The van der Waals surface area contributed by atoms with Crippen LogP contribution in [0.3, 0.4) is 0 Å². The zero-order valence-electron chi connectivity index (χ0n) is 8.27. The van der Waals surface area contributed by atoms with E-state index in [2.05, 4.69) is 15.5 Å². The van der Waals surface area contributed by atoms with E-state index >= 15 is 0 Å². The van der Waals surface area contributed by atoms with E-state index in [1.165, 1.54) is 6.20 Å². The van der Waals surface area contributed by atoms with Crippen molar-refractivity contribution in [3.05, 3.63) is 29.6 Å². The monoisotopic (exact) mass is 208 g/mol. The first kappa shape index (κ1) is 11.0. The highest BCUT2D eigenvalue weighted by Gasteiger charge is 2.09. The molecule has 0 radical (unpaired) electrons. The Hall–Kier alpha value is -2.11. The molecule has 0 saturated heterocycles. The summed E-state index contributed by atoms with van der Waals surface area (Å²) in [5.41, 5.74) is 6.31. The summed E-state index contributed by atoms with van der Waals surface area (Å²) in [6.07, 6.45) is 1.53. The van der Waals surface area contributed by atoms with E-state index in [-0.39, 0.29) is 18.3 Å². The van der Waals surface area contributed by atoms with Crippen LogP contribution in [0.5, 0.6) is 0 Å². The second-order valence-corrected chi connectivity index (χ2v) is 2.94. The van der Waals surface area contributed by atoms with Crippen molar-refractivity contribution >= 4 is 11.7 Å². The molecule has 0 aliphatic rings. The number of nitrogens with zero attached hydrogens (tertiary/aromatic N) is 2. The average molecular weight is 208 g/mol. The smallest absolute Gasteiger partial charge is 0.270 e. The van der Waals surface area contributed by atoms with Crippen LogP contribution in [0.15, 0.2) is 23.5 Å². The van der Waals surface area contributed by atoms with Gasteiger partial charge in [0.05, 0.1) is 6.54 Å². The third kappa shape index (κ3) is 2.94. The van der Waals surface area contributed by atoms with E-state index in [4.69, 9.17) is 10.9 Å². The molecule has 15 heavy (non-hydrogen) atoms. The van der Waals surface area contributed by atoms with Gasteiger partial charge in [0.1, 0.15) is 5.69 Å². The summed E-state index contributed by atoms with van der Waals surface area (Å²) in [6, 6.07) is 3.53. The predicted octanol–water partition coefficient (Wildman–Crippen LogP) is -0.134. The lowest BCUT2D eigenvalue weighted by Gasteiger charge is -2.05. The maximum atomic E-state index is 11.5. The Morgan fingerprint density at radius 2 is 2.47 bits per heavy atom. The van der Waals surface area contributed by atoms with Gasteiger partial charge in [0.2, 0.25) is 0 Å². The molecule has 0 saturated carbocycles. The minimum absolute atomic E-state index is 0.00858. The number of pyridine rings is 1. The van der Waals surface area contributed by atoms with Crippen molar-refractivity contribution in [3.8, 4) is 0 Å². The molecule has 0 aromatic carbocycles. The SMILES string of the molecule is Cc1cccnc1C(=O)NCC(N)=NO. The van der Waals surface area contributed by atoms with E-state index in [0.717, 1.165) is 5.56 Å². The van der Waals surface area contributed by atoms with Crippen molar-refractivity contribution in [1.82, 2.24) is 10.3 Å². The van der Waals surface area contributed by atoms with E-state index in [1.54, 1.807) is 19.1 Å². The maximum Gasteiger partial charge on any atom is 0.270 e. The molecule has 1 amide bonds. The van der Waals surface area contributed by atoms with Crippen molar-refractivity contribution in [2.45, 2.75) is 6.92 Å². The van der Waals surface area contributed by atoms with Gasteiger partial charge in [-0.05, 0) is 18.6 Å². The van der Waals surface area contributed by atoms with Crippen molar-refractivity contribution in [1.29, 1.82) is 0 Å². The lowest BCUT2D eigenvalue weighted by molar-refractivity contribution is 0.0953. The van der Waals surface area contributed by atoms with Crippen molar-refractivity contribution in [3.63, 3.8) is 0 Å². The third-order valence-corrected chi connectivity index (χ3v) is 1.78. The molecule has 0 fully saturated rings. The molecular weight excluding hydrogens is 196 g/mol. The van der Waals surface area contributed by atoms with Gasteiger partial charge in [-0.2, -0.15) is 0 Å². The van der Waals surface area contributed by atoms with Crippen LogP contribution in [-0.2, 0) is 0 Å². The maximum absolute atomic E-state index is 11.5. The van der Waals surface area contributed by atoms with Crippen LogP contribution in [0.4, 0.5) is 0 Å². The van der Waals surface area contributed by atoms with E-state index < -0.39 is 0 Å². The zero-order valence-corrected chi connectivity index (χ0v) is 8.27. The van der Waals surface area contributed by atoms with Gasteiger partial charge in [-0.25, -0.2) is 0 Å². The summed E-state index contributed by atoms with van der Waals surface area (Å²) < 4.78 is 0. The number of hydrogen-bond donors (Lipinski definition) is 3. The minimum atomic E-state index is -0.347. The van der Waals surface area contributed by atoms with E-state index in [1.807, 2.05) is 0 Å². The molecule has 6 nitrogen and oxygen atoms in total. The van der Waals surface area contributed by atoms with Crippen LogP contribution in [-0.4, -0.2) is 28.5 Å². The van der Waals surface area contributed by atoms with Gasteiger partial charge in [0, 0.05) is 6.20 Å². The highest BCUT2D eigenvalue weighted by atomic mass is 16.4.